The first-order chi connectivity index (χ1) is 13.9. The molecule has 192 valence electrons. The lowest BCUT2D eigenvalue weighted by atomic mass is 9.87. The highest BCUT2D eigenvalue weighted by Crippen LogP contribution is 2.47. The molecule has 32 heavy (non-hydrogen) atoms. The number of hydrogen-bond acceptors (Lipinski definition) is 2. The van der Waals surface area contributed by atoms with Crippen LogP contribution in [-0.4, -0.2) is 48.6 Å². The normalized spacial score (nSPS) is 16.6. The van der Waals surface area contributed by atoms with E-state index in [1.165, 1.54) is 0 Å². The largest absolute Gasteiger partial charge is 0.458 e. The minimum absolute atomic E-state index is 0.231. The molecule has 16 heteroatoms. The van der Waals surface area contributed by atoms with Gasteiger partial charge in [0.05, 0.1) is 0 Å². The first-order valence-electron chi connectivity index (χ1n) is 8.67. The van der Waals surface area contributed by atoms with Crippen molar-refractivity contribution in [2.24, 2.45) is 5.41 Å². The molecule has 0 spiro atoms. The molecule has 0 saturated heterocycles. The molecule has 0 saturated carbocycles. The molecule has 0 rings (SSSR count). The summed E-state index contributed by atoms with van der Waals surface area (Å²) in [6, 6.07) is 0. The van der Waals surface area contributed by atoms with Crippen molar-refractivity contribution in [2.75, 3.05) is 6.61 Å². The molecule has 0 aromatic rings. The van der Waals surface area contributed by atoms with Gasteiger partial charge in [-0.05, 0) is 13.3 Å². The summed E-state index contributed by atoms with van der Waals surface area (Å²) in [5.74, 6) is -24.5. The van der Waals surface area contributed by atoms with Crippen LogP contribution in [0.1, 0.15) is 46.0 Å². The molecular formula is C16H18F14O2. The average molecular weight is 508 g/mol. The Kier molecular flexibility index (Phi) is 8.95. The highest BCUT2D eigenvalue weighted by Gasteiger charge is 2.63. The zero-order valence-electron chi connectivity index (χ0n) is 16.4. The summed E-state index contributed by atoms with van der Waals surface area (Å²) in [6.45, 7) is -1.65. The van der Waals surface area contributed by atoms with Crippen LogP contribution in [0.15, 0.2) is 0 Å². The maximum atomic E-state index is 13.6. The van der Waals surface area contributed by atoms with Gasteiger partial charge < -0.3 is 4.74 Å². The molecule has 1 atom stereocenters. The van der Waals surface area contributed by atoms with Gasteiger partial charge in [-0.1, -0.05) is 6.92 Å². The fourth-order valence-corrected chi connectivity index (χ4v) is 2.04. The fraction of sp³-hybridized carbons (Fsp3) is 0.938. The van der Waals surface area contributed by atoms with Crippen LogP contribution in [0.3, 0.4) is 0 Å². The van der Waals surface area contributed by atoms with E-state index in [0.717, 1.165) is 6.92 Å². The molecule has 0 bridgehead atoms. The average Bonchev–Trinajstić information content (AvgIpc) is 2.60. The minimum Gasteiger partial charge on any atom is -0.458 e. The van der Waals surface area contributed by atoms with Crippen LogP contribution in [0, 0.1) is 5.41 Å². The zero-order valence-corrected chi connectivity index (χ0v) is 16.4. The Bertz CT molecular complexity index is 638. The molecule has 0 aromatic carbocycles. The standard InChI is InChI=1S/C16H18F14O2/c1-3-10(2,16(28,29)30)9(31)32-8-14(23,24)13(21,22)5-4-11(17,18)12(19,20)6-7-15(25,26)27/h3-8H2,1-2H3. The Morgan fingerprint density at radius 2 is 0.969 bits per heavy atom. The monoisotopic (exact) mass is 508 g/mol. The van der Waals surface area contributed by atoms with Crippen molar-refractivity contribution >= 4 is 5.97 Å². The van der Waals surface area contributed by atoms with Crippen LogP contribution < -0.4 is 0 Å². The van der Waals surface area contributed by atoms with Crippen molar-refractivity contribution in [3.8, 4) is 0 Å². The van der Waals surface area contributed by atoms with E-state index >= 15 is 0 Å². The van der Waals surface area contributed by atoms with E-state index in [4.69, 9.17) is 0 Å². The van der Waals surface area contributed by atoms with E-state index in [1.54, 1.807) is 0 Å². The van der Waals surface area contributed by atoms with E-state index in [2.05, 4.69) is 4.74 Å². The predicted molar refractivity (Wildman–Crippen MR) is 79.7 cm³/mol. The van der Waals surface area contributed by atoms with Gasteiger partial charge in [0.25, 0.3) is 0 Å². The summed E-state index contributed by atoms with van der Waals surface area (Å²) in [6.07, 6.45) is -21.9. The predicted octanol–water partition coefficient (Wildman–Crippen LogP) is 7.17. The van der Waals surface area contributed by atoms with E-state index < -0.39 is 86.1 Å². The second-order valence-electron chi connectivity index (χ2n) is 7.19. The number of ether oxygens (including phenoxy) is 1. The molecule has 0 fully saturated rings. The van der Waals surface area contributed by atoms with Crippen molar-refractivity contribution < 1.29 is 71.0 Å². The number of halogens is 14. The number of alkyl halides is 14. The number of hydrogen-bond donors (Lipinski definition) is 0. The van der Waals surface area contributed by atoms with E-state index in [0.29, 0.717) is 0 Å². The molecule has 0 amide bonds. The zero-order chi connectivity index (χ0) is 26.0. The van der Waals surface area contributed by atoms with Gasteiger partial charge in [-0.15, -0.1) is 0 Å². The third kappa shape index (κ3) is 7.25. The minimum atomic E-state index is -5.59. The lowest BCUT2D eigenvalue weighted by Gasteiger charge is -2.32. The summed E-state index contributed by atoms with van der Waals surface area (Å²) in [4.78, 5) is 11.5. The van der Waals surface area contributed by atoms with Crippen molar-refractivity contribution in [3.63, 3.8) is 0 Å². The van der Waals surface area contributed by atoms with Crippen molar-refractivity contribution in [1.82, 2.24) is 0 Å². The lowest BCUT2D eigenvalue weighted by Crippen LogP contribution is -2.49. The molecular weight excluding hydrogens is 490 g/mol. The van der Waals surface area contributed by atoms with Crippen LogP contribution in [0.4, 0.5) is 61.5 Å². The molecule has 0 aromatic heterocycles. The molecule has 0 radical (unpaired) electrons. The lowest BCUT2D eigenvalue weighted by molar-refractivity contribution is -0.265. The highest BCUT2D eigenvalue weighted by molar-refractivity contribution is 5.77. The van der Waals surface area contributed by atoms with Gasteiger partial charge in [0, 0.05) is 25.7 Å². The summed E-state index contributed by atoms with van der Waals surface area (Å²) in [5, 5.41) is 0. The molecule has 0 heterocycles. The number of carbonyl (C=O) groups is 1. The Hall–Kier alpha value is -1.51. The van der Waals surface area contributed by atoms with Crippen molar-refractivity contribution in [3.05, 3.63) is 0 Å². The summed E-state index contributed by atoms with van der Waals surface area (Å²) in [7, 11) is 0. The van der Waals surface area contributed by atoms with Crippen LogP contribution in [-0.2, 0) is 9.53 Å². The van der Waals surface area contributed by atoms with E-state index in [-0.39, 0.29) is 6.92 Å². The topological polar surface area (TPSA) is 26.3 Å². The molecule has 0 aliphatic carbocycles. The van der Waals surface area contributed by atoms with E-state index in [1.807, 2.05) is 0 Å². The van der Waals surface area contributed by atoms with Gasteiger partial charge in [-0.2, -0.15) is 61.5 Å². The maximum absolute atomic E-state index is 13.6. The Morgan fingerprint density at radius 1 is 0.625 bits per heavy atom. The van der Waals surface area contributed by atoms with Gasteiger partial charge in [0.2, 0.25) is 0 Å². The Balaban J connectivity index is 5.27. The maximum Gasteiger partial charge on any atom is 0.404 e. The number of esters is 1. The van der Waals surface area contributed by atoms with Gasteiger partial charge in [0.1, 0.15) is 0 Å². The van der Waals surface area contributed by atoms with Crippen LogP contribution in [0.2, 0.25) is 0 Å². The van der Waals surface area contributed by atoms with Gasteiger partial charge in [-0.25, -0.2) is 0 Å². The quantitative estimate of drug-likeness (QED) is 0.219. The summed E-state index contributed by atoms with van der Waals surface area (Å²) < 4.78 is 186. The molecule has 0 aliphatic rings. The summed E-state index contributed by atoms with van der Waals surface area (Å²) >= 11 is 0. The third-order valence-corrected chi connectivity index (χ3v) is 4.71. The molecule has 0 aliphatic heterocycles. The molecule has 0 N–H and O–H groups in total. The van der Waals surface area contributed by atoms with Gasteiger partial charge in [0.15, 0.2) is 12.0 Å². The second kappa shape index (κ2) is 9.39. The number of carbonyl (C=O) groups excluding carboxylic acids is 1. The second-order valence-corrected chi connectivity index (χ2v) is 7.19. The smallest absolute Gasteiger partial charge is 0.404 e. The Labute approximate surface area is 172 Å². The Morgan fingerprint density at radius 3 is 1.28 bits per heavy atom. The fourth-order valence-electron chi connectivity index (χ4n) is 2.04. The SMILES string of the molecule is CCC(C)(C(=O)OCC(F)(F)C(F)(F)CCC(F)(F)C(F)(F)CCC(F)(F)F)C(F)(F)F. The van der Waals surface area contributed by atoms with Gasteiger partial charge >= 0.3 is 42.0 Å². The molecule has 2 nitrogen and oxygen atoms in total. The number of rotatable bonds is 11. The van der Waals surface area contributed by atoms with Crippen LogP contribution in [0.5, 0.6) is 0 Å². The third-order valence-electron chi connectivity index (χ3n) is 4.71. The van der Waals surface area contributed by atoms with Gasteiger partial charge in [-0.3, -0.25) is 4.79 Å². The van der Waals surface area contributed by atoms with Crippen LogP contribution >= 0.6 is 0 Å². The van der Waals surface area contributed by atoms with E-state index in [9.17, 15) is 66.3 Å². The highest BCUT2D eigenvalue weighted by atomic mass is 19.4. The first kappa shape index (κ1) is 30.5. The van der Waals surface area contributed by atoms with Crippen molar-refractivity contribution in [1.29, 1.82) is 0 Å². The summed E-state index contributed by atoms with van der Waals surface area (Å²) in [5.41, 5.74) is -3.36. The van der Waals surface area contributed by atoms with Crippen molar-refractivity contribution in [2.45, 2.75) is 82.0 Å². The first-order valence-corrected chi connectivity index (χ1v) is 8.67. The molecule has 1 unspecified atom stereocenters. The van der Waals surface area contributed by atoms with Crippen LogP contribution in [0.25, 0.3) is 0 Å².